The SMILES string of the molecule is O=C(N[C@@H]1CCCc2nc(-c3ccccc3)ncc21)c1ccco1. The average molecular weight is 319 g/mol. The maximum Gasteiger partial charge on any atom is 0.287 e. The number of rotatable bonds is 3. The fraction of sp³-hybridized carbons (Fsp3) is 0.211. The van der Waals surface area contributed by atoms with Gasteiger partial charge in [0.2, 0.25) is 0 Å². The lowest BCUT2D eigenvalue weighted by atomic mass is 9.92. The van der Waals surface area contributed by atoms with E-state index in [-0.39, 0.29) is 11.9 Å². The van der Waals surface area contributed by atoms with Crippen molar-refractivity contribution in [3.8, 4) is 11.4 Å². The van der Waals surface area contributed by atoms with Crippen LogP contribution in [0.25, 0.3) is 11.4 Å². The molecular formula is C19H17N3O2. The first kappa shape index (κ1) is 14.6. The van der Waals surface area contributed by atoms with E-state index in [2.05, 4.69) is 10.3 Å². The fourth-order valence-electron chi connectivity index (χ4n) is 3.06. The number of nitrogens with zero attached hydrogens (tertiary/aromatic N) is 2. The lowest BCUT2D eigenvalue weighted by Gasteiger charge is -2.25. The number of aromatic nitrogens is 2. The Bertz CT molecular complexity index is 844. The van der Waals surface area contributed by atoms with E-state index in [0.717, 1.165) is 41.9 Å². The normalized spacial score (nSPS) is 16.4. The molecule has 0 spiro atoms. The van der Waals surface area contributed by atoms with Gasteiger partial charge in [0.05, 0.1) is 12.3 Å². The monoisotopic (exact) mass is 319 g/mol. The maximum absolute atomic E-state index is 12.2. The minimum atomic E-state index is -0.204. The Hall–Kier alpha value is -2.95. The number of nitrogens with one attached hydrogen (secondary N) is 1. The molecule has 2 heterocycles. The predicted octanol–water partition coefficient (Wildman–Crippen LogP) is 3.54. The van der Waals surface area contributed by atoms with E-state index in [1.165, 1.54) is 6.26 Å². The van der Waals surface area contributed by atoms with E-state index in [9.17, 15) is 4.79 Å². The number of fused-ring (bicyclic) bond motifs is 1. The van der Waals surface area contributed by atoms with Crippen molar-refractivity contribution in [1.82, 2.24) is 15.3 Å². The molecule has 1 N–H and O–H groups in total. The Kier molecular flexibility index (Phi) is 3.83. The zero-order chi connectivity index (χ0) is 16.4. The standard InChI is InChI=1S/C19H17N3O2/c23-19(17-10-5-11-24-17)22-16-9-4-8-15-14(16)12-20-18(21-15)13-6-2-1-3-7-13/h1-3,5-7,10-12,16H,4,8-9H2,(H,22,23)/t16-/m1/s1. The highest BCUT2D eigenvalue weighted by Gasteiger charge is 2.25. The number of benzene rings is 1. The molecule has 1 aliphatic rings. The molecule has 120 valence electrons. The largest absolute Gasteiger partial charge is 0.459 e. The van der Waals surface area contributed by atoms with Gasteiger partial charge in [0.1, 0.15) is 0 Å². The van der Waals surface area contributed by atoms with Gasteiger partial charge in [-0.1, -0.05) is 30.3 Å². The van der Waals surface area contributed by atoms with Crippen LogP contribution in [0.3, 0.4) is 0 Å². The van der Waals surface area contributed by atoms with E-state index in [0.29, 0.717) is 5.76 Å². The third-order valence-corrected chi connectivity index (χ3v) is 4.26. The topological polar surface area (TPSA) is 68.0 Å². The van der Waals surface area contributed by atoms with Gasteiger partial charge in [0, 0.05) is 23.0 Å². The average Bonchev–Trinajstić information content (AvgIpc) is 3.17. The van der Waals surface area contributed by atoms with Crippen molar-refractivity contribution in [1.29, 1.82) is 0 Å². The zero-order valence-corrected chi connectivity index (χ0v) is 13.1. The molecule has 1 aromatic carbocycles. The second-order valence-electron chi connectivity index (χ2n) is 5.86. The molecule has 1 amide bonds. The van der Waals surface area contributed by atoms with E-state index in [1.807, 2.05) is 36.5 Å². The highest BCUT2D eigenvalue weighted by atomic mass is 16.3. The molecule has 0 bridgehead atoms. The molecule has 5 heteroatoms. The number of hydrogen-bond acceptors (Lipinski definition) is 4. The van der Waals surface area contributed by atoms with E-state index in [1.54, 1.807) is 12.1 Å². The number of hydrogen-bond donors (Lipinski definition) is 1. The van der Waals surface area contributed by atoms with Crippen molar-refractivity contribution in [2.75, 3.05) is 0 Å². The molecular weight excluding hydrogens is 302 g/mol. The molecule has 0 radical (unpaired) electrons. The molecule has 4 rings (SSSR count). The quantitative estimate of drug-likeness (QED) is 0.801. The van der Waals surface area contributed by atoms with Gasteiger partial charge in [-0.15, -0.1) is 0 Å². The van der Waals surface area contributed by atoms with E-state index >= 15 is 0 Å². The number of amides is 1. The van der Waals surface area contributed by atoms with Crippen molar-refractivity contribution in [3.05, 3.63) is 71.9 Å². The summed E-state index contributed by atoms with van der Waals surface area (Å²) in [6.07, 6.45) is 6.12. The molecule has 0 fully saturated rings. The lowest BCUT2D eigenvalue weighted by Crippen LogP contribution is -2.31. The lowest BCUT2D eigenvalue weighted by molar-refractivity contribution is 0.0904. The zero-order valence-electron chi connectivity index (χ0n) is 13.1. The molecule has 1 atom stereocenters. The summed E-state index contributed by atoms with van der Waals surface area (Å²) in [5.74, 6) is 0.848. The van der Waals surface area contributed by atoms with Crippen molar-refractivity contribution in [2.24, 2.45) is 0 Å². The number of carbonyl (C=O) groups is 1. The summed E-state index contributed by atoms with van der Waals surface area (Å²) < 4.78 is 5.16. The number of aryl methyl sites for hydroxylation is 1. The Balaban J connectivity index is 1.60. The Labute approximate surface area is 139 Å². The second-order valence-corrected chi connectivity index (χ2v) is 5.86. The molecule has 0 saturated carbocycles. The minimum Gasteiger partial charge on any atom is -0.459 e. The highest BCUT2D eigenvalue weighted by molar-refractivity contribution is 5.91. The van der Waals surface area contributed by atoms with Crippen LogP contribution >= 0.6 is 0 Å². The van der Waals surface area contributed by atoms with Crippen LogP contribution in [0.2, 0.25) is 0 Å². The first-order valence-corrected chi connectivity index (χ1v) is 8.07. The summed E-state index contributed by atoms with van der Waals surface area (Å²) in [5, 5.41) is 3.02. The molecule has 1 aliphatic carbocycles. The number of furan rings is 1. The Morgan fingerprint density at radius 2 is 2.04 bits per heavy atom. The van der Waals surface area contributed by atoms with Gasteiger partial charge < -0.3 is 9.73 Å². The summed E-state index contributed by atoms with van der Waals surface area (Å²) in [6.45, 7) is 0. The third kappa shape index (κ3) is 2.80. The first-order valence-electron chi connectivity index (χ1n) is 8.07. The van der Waals surface area contributed by atoms with Gasteiger partial charge >= 0.3 is 0 Å². The molecule has 0 saturated heterocycles. The van der Waals surface area contributed by atoms with Crippen LogP contribution in [0.15, 0.2) is 59.3 Å². The fourth-order valence-corrected chi connectivity index (χ4v) is 3.06. The second kappa shape index (κ2) is 6.28. The smallest absolute Gasteiger partial charge is 0.287 e. The van der Waals surface area contributed by atoms with Crippen LogP contribution in [0, 0.1) is 0 Å². The summed E-state index contributed by atoms with van der Waals surface area (Å²) in [4.78, 5) is 21.4. The van der Waals surface area contributed by atoms with Crippen molar-refractivity contribution in [3.63, 3.8) is 0 Å². The summed E-state index contributed by atoms with van der Waals surface area (Å²) in [5.41, 5.74) is 3.02. The summed E-state index contributed by atoms with van der Waals surface area (Å²) >= 11 is 0. The predicted molar refractivity (Wildman–Crippen MR) is 89.3 cm³/mol. The molecule has 2 aromatic heterocycles. The van der Waals surface area contributed by atoms with Crippen LogP contribution in [0.5, 0.6) is 0 Å². The third-order valence-electron chi connectivity index (χ3n) is 4.26. The summed E-state index contributed by atoms with van der Waals surface area (Å²) in [6, 6.07) is 13.2. The van der Waals surface area contributed by atoms with Gasteiger partial charge in [-0.25, -0.2) is 9.97 Å². The van der Waals surface area contributed by atoms with Crippen LogP contribution < -0.4 is 5.32 Å². The van der Waals surface area contributed by atoms with Crippen LogP contribution in [0.4, 0.5) is 0 Å². The van der Waals surface area contributed by atoms with Crippen LogP contribution in [-0.4, -0.2) is 15.9 Å². The Morgan fingerprint density at radius 3 is 2.83 bits per heavy atom. The van der Waals surface area contributed by atoms with Gasteiger partial charge in [-0.05, 0) is 31.4 Å². The number of carbonyl (C=O) groups excluding carboxylic acids is 1. The van der Waals surface area contributed by atoms with E-state index in [4.69, 9.17) is 9.40 Å². The molecule has 3 aromatic rings. The minimum absolute atomic E-state index is 0.0730. The van der Waals surface area contributed by atoms with Crippen molar-refractivity contribution >= 4 is 5.91 Å². The molecule has 0 aliphatic heterocycles. The molecule has 0 unspecified atom stereocenters. The van der Waals surface area contributed by atoms with Crippen molar-refractivity contribution < 1.29 is 9.21 Å². The summed E-state index contributed by atoms with van der Waals surface area (Å²) in [7, 11) is 0. The first-order chi connectivity index (χ1) is 11.8. The van der Waals surface area contributed by atoms with Gasteiger partial charge in [0.15, 0.2) is 11.6 Å². The van der Waals surface area contributed by atoms with Gasteiger partial charge in [-0.2, -0.15) is 0 Å². The van der Waals surface area contributed by atoms with E-state index < -0.39 is 0 Å². The Morgan fingerprint density at radius 1 is 1.17 bits per heavy atom. The molecule has 5 nitrogen and oxygen atoms in total. The van der Waals surface area contributed by atoms with Crippen LogP contribution in [-0.2, 0) is 6.42 Å². The molecule has 24 heavy (non-hydrogen) atoms. The maximum atomic E-state index is 12.2. The highest BCUT2D eigenvalue weighted by Crippen LogP contribution is 2.29. The van der Waals surface area contributed by atoms with Gasteiger partial charge in [-0.3, -0.25) is 4.79 Å². The van der Waals surface area contributed by atoms with Crippen LogP contribution in [0.1, 0.15) is 40.7 Å². The van der Waals surface area contributed by atoms with Crippen molar-refractivity contribution in [2.45, 2.75) is 25.3 Å². The van der Waals surface area contributed by atoms with Gasteiger partial charge in [0.25, 0.3) is 5.91 Å².